The van der Waals surface area contributed by atoms with Gasteiger partial charge in [0.25, 0.3) is 0 Å². The van der Waals surface area contributed by atoms with Crippen molar-refractivity contribution in [2.24, 2.45) is 0 Å². The zero-order valence-electron chi connectivity index (χ0n) is 11.4. The van der Waals surface area contributed by atoms with Crippen LogP contribution in [0.3, 0.4) is 0 Å². The Kier molecular flexibility index (Phi) is 5.08. The van der Waals surface area contributed by atoms with E-state index in [0.29, 0.717) is 6.54 Å². The third-order valence-corrected chi connectivity index (χ3v) is 2.97. The Balaban J connectivity index is 2.54. The van der Waals surface area contributed by atoms with Crippen molar-refractivity contribution in [2.75, 3.05) is 6.54 Å². The molecule has 0 spiro atoms. The zero-order valence-corrected chi connectivity index (χ0v) is 11.4. The highest BCUT2D eigenvalue weighted by Crippen LogP contribution is 2.19. The van der Waals surface area contributed by atoms with Crippen molar-refractivity contribution in [3.63, 3.8) is 0 Å². The van der Waals surface area contributed by atoms with Crippen LogP contribution in [0.2, 0.25) is 0 Å². The topological polar surface area (TPSA) is 21.3 Å². The van der Waals surface area contributed by atoms with Gasteiger partial charge < -0.3 is 10.1 Å². The van der Waals surface area contributed by atoms with Crippen LogP contribution in [-0.4, -0.2) is 18.2 Å². The summed E-state index contributed by atoms with van der Waals surface area (Å²) in [5, 5.41) is 3.32. The molecular weight excluding hydrogens is 236 g/mol. The molecule has 1 rings (SSSR count). The lowest BCUT2D eigenvalue weighted by molar-refractivity contribution is 0.190. The standard InChI is InChI=1S/C14H21F2NO/c1-5-14(3,4)17-9-10(2)18-13-8-11(15)6-7-12(13)16/h6-8,10,17H,5,9H2,1-4H3. The molecular formula is C14H21F2NO. The molecule has 0 aliphatic heterocycles. The number of ether oxygens (including phenoxy) is 1. The summed E-state index contributed by atoms with van der Waals surface area (Å²) in [5.74, 6) is -1.09. The maximum absolute atomic E-state index is 13.4. The molecule has 18 heavy (non-hydrogen) atoms. The molecule has 1 unspecified atom stereocenters. The van der Waals surface area contributed by atoms with Gasteiger partial charge in [-0.05, 0) is 39.3 Å². The van der Waals surface area contributed by atoms with E-state index in [1.807, 2.05) is 6.92 Å². The van der Waals surface area contributed by atoms with E-state index in [4.69, 9.17) is 4.74 Å². The molecule has 1 atom stereocenters. The maximum Gasteiger partial charge on any atom is 0.165 e. The number of nitrogens with one attached hydrogen (secondary N) is 1. The fourth-order valence-corrected chi connectivity index (χ4v) is 1.37. The number of hydrogen-bond acceptors (Lipinski definition) is 2. The van der Waals surface area contributed by atoms with E-state index < -0.39 is 11.6 Å². The first-order valence-corrected chi connectivity index (χ1v) is 6.21. The molecule has 0 saturated heterocycles. The Bertz CT molecular complexity index is 393. The van der Waals surface area contributed by atoms with Crippen molar-refractivity contribution in [1.29, 1.82) is 0 Å². The summed E-state index contributed by atoms with van der Waals surface area (Å²) in [4.78, 5) is 0. The van der Waals surface area contributed by atoms with Gasteiger partial charge in [0.05, 0.1) is 0 Å². The van der Waals surface area contributed by atoms with Crippen LogP contribution in [0.15, 0.2) is 18.2 Å². The lowest BCUT2D eigenvalue weighted by Gasteiger charge is -2.27. The molecule has 1 N–H and O–H groups in total. The number of halogens is 2. The summed E-state index contributed by atoms with van der Waals surface area (Å²) in [6.45, 7) is 8.66. The fraction of sp³-hybridized carbons (Fsp3) is 0.571. The molecule has 4 heteroatoms. The summed E-state index contributed by atoms with van der Waals surface area (Å²) < 4.78 is 31.7. The largest absolute Gasteiger partial charge is 0.486 e. The minimum absolute atomic E-state index is 0.0120. The molecule has 0 amide bonds. The lowest BCUT2D eigenvalue weighted by Crippen LogP contribution is -2.43. The third kappa shape index (κ3) is 4.61. The van der Waals surface area contributed by atoms with Crippen molar-refractivity contribution >= 4 is 0 Å². The van der Waals surface area contributed by atoms with E-state index in [1.165, 1.54) is 0 Å². The molecule has 0 aliphatic rings. The van der Waals surface area contributed by atoms with Gasteiger partial charge in [0.2, 0.25) is 0 Å². The van der Waals surface area contributed by atoms with E-state index in [2.05, 4.69) is 26.1 Å². The molecule has 0 radical (unpaired) electrons. The van der Waals surface area contributed by atoms with Gasteiger partial charge in [-0.1, -0.05) is 6.92 Å². The van der Waals surface area contributed by atoms with Crippen molar-refractivity contribution in [2.45, 2.75) is 45.8 Å². The van der Waals surface area contributed by atoms with E-state index in [-0.39, 0.29) is 17.4 Å². The molecule has 0 aromatic heterocycles. The Morgan fingerprint density at radius 3 is 2.61 bits per heavy atom. The second kappa shape index (κ2) is 6.14. The predicted molar refractivity (Wildman–Crippen MR) is 68.8 cm³/mol. The highest BCUT2D eigenvalue weighted by atomic mass is 19.1. The molecule has 2 nitrogen and oxygen atoms in total. The normalized spacial score (nSPS) is 13.4. The first-order chi connectivity index (χ1) is 8.34. The van der Waals surface area contributed by atoms with Crippen molar-refractivity contribution in [1.82, 2.24) is 5.32 Å². The third-order valence-electron chi connectivity index (χ3n) is 2.97. The van der Waals surface area contributed by atoms with Crippen LogP contribution >= 0.6 is 0 Å². The van der Waals surface area contributed by atoms with Crippen LogP contribution in [0.4, 0.5) is 8.78 Å². The van der Waals surface area contributed by atoms with E-state index in [0.717, 1.165) is 24.6 Å². The first-order valence-electron chi connectivity index (χ1n) is 6.21. The molecule has 0 bridgehead atoms. The van der Waals surface area contributed by atoms with Crippen LogP contribution < -0.4 is 10.1 Å². The average molecular weight is 257 g/mol. The summed E-state index contributed by atoms with van der Waals surface area (Å²) in [6, 6.07) is 3.21. The molecule has 1 aromatic carbocycles. The Morgan fingerprint density at radius 2 is 2.00 bits per heavy atom. The number of hydrogen-bond donors (Lipinski definition) is 1. The summed E-state index contributed by atoms with van der Waals surface area (Å²) in [6.07, 6.45) is 0.751. The monoisotopic (exact) mass is 257 g/mol. The summed E-state index contributed by atoms with van der Waals surface area (Å²) in [7, 11) is 0. The average Bonchev–Trinajstić information content (AvgIpc) is 2.31. The van der Waals surface area contributed by atoms with Crippen molar-refractivity contribution < 1.29 is 13.5 Å². The van der Waals surface area contributed by atoms with Gasteiger partial charge in [-0.3, -0.25) is 0 Å². The fourth-order valence-electron chi connectivity index (χ4n) is 1.37. The van der Waals surface area contributed by atoms with Crippen molar-refractivity contribution in [3.8, 4) is 5.75 Å². The quantitative estimate of drug-likeness (QED) is 0.842. The van der Waals surface area contributed by atoms with Gasteiger partial charge in [0, 0.05) is 18.2 Å². The molecule has 0 saturated carbocycles. The molecule has 102 valence electrons. The Labute approximate surface area is 107 Å². The van der Waals surface area contributed by atoms with E-state index in [9.17, 15) is 8.78 Å². The van der Waals surface area contributed by atoms with Gasteiger partial charge in [0.1, 0.15) is 11.9 Å². The van der Waals surface area contributed by atoms with Crippen LogP contribution in [-0.2, 0) is 0 Å². The van der Waals surface area contributed by atoms with Gasteiger partial charge >= 0.3 is 0 Å². The Hall–Kier alpha value is -1.16. The van der Waals surface area contributed by atoms with Gasteiger partial charge in [0.15, 0.2) is 11.6 Å². The van der Waals surface area contributed by atoms with Crippen LogP contribution in [0.25, 0.3) is 0 Å². The number of rotatable bonds is 6. The summed E-state index contributed by atoms with van der Waals surface area (Å²) in [5.41, 5.74) is 0.0120. The molecule has 1 aromatic rings. The highest BCUT2D eigenvalue weighted by molar-refractivity contribution is 5.25. The van der Waals surface area contributed by atoms with Gasteiger partial charge in [-0.25, -0.2) is 8.78 Å². The predicted octanol–water partition coefficient (Wildman–Crippen LogP) is 3.51. The molecule has 0 fully saturated rings. The second-order valence-electron chi connectivity index (χ2n) is 5.12. The molecule has 0 heterocycles. The zero-order chi connectivity index (χ0) is 13.8. The van der Waals surface area contributed by atoms with Crippen LogP contribution in [0, 0.1) is 11.6 Å². The smallest absolute Gasteiger partial charge is 0.165 e. The van der Waals surface area contributed by atoms with Crippen molar-refractivity contribution in [3.05, 3.63) is 29.8 Å². The maximum atomic E-state index is 13.4. The first kappa shape index (κ1) is 14.9. The number of benzene rings is 1. The highest BCUT2D eigenvalue weighted by Gasteiger charge is 2.16. The minimum atomic E-state index is -0.544. The van der Waals surface area contributed by atoms with Crippen LogP contribution in [0.5, 0.6) is 5.75 Å². The lowest BCUT2D eigenvalue weighted by atomic mass is 10.0. The molecule has 0 aliphatic carbocycles. The van der Waals surface area contributed by atoms with Gasteiger partial charge in [-0.2, -0.15) is 0 Å². The second-order valence-corrected chi connectivity index (χ2v) is 5.12. The van der Waals surface area contributed by atoms with E-state index >= 15 is 0 Å². The minimum Gasteiger partial charge on any atom is -0.486 e. The van der Waals surface area contributed by atoms with Crippen LogP contribution in [0.1, 0.15) is 34.1 Å². The SMILES string of the molecule is CCC(C)(C)NCC(C)Oc1cc(F)ccc1F. The summed E-state index contributed by atoms with van der Waals surface area (Å²) >= 11 is 0. The Morgan fingerprint density at radius 1 is 1.33 bits per heavy atom. The van der Waals surface area contributed by atoms with E-state index in [1.54, 1.807) is 0 Å². The van der Waals surface area contributed by atoms with Gasteiger partial charge in [-0.15, -0.1) is 0 Å².